The van der Waals surface area contributed by atoms with Gasteiger partial charge in [0.25, 0.3) is 11.1 Å². The van der Waals surface area contributed by atoms with Crippen LogP contribution in [0.3, 0.4) is 0 Å². The summed E-state index contributed by atoms with van der Waals surface area (Å²) in [7, 11) is 0. The predicted molar refractivity (Wildman–Crippen MR) is 82.3 cm³/mol. The van der Waals surface area contributed by atoms with Crippen molar-refractivity contribution in [1.82, 2.24) is 4.90 Å². The highest BCUT2D eigenvalue weighted by Crippen LogP contribution is 2.33. The SMILES string of the molecule is O=C1SC(=Cc2cccs2)C(=O)N1Cc1ccccc1. The molecule has 2 heterocycles. The van der Waals surface area contributed by atoms with Gasteiger partial charge in [-0.2, -0.15) is 0 Å². The van der Waals surface area contributed by atoms with Crippen LogP contribution in [0.2, 0.25) is 0 Å². The van der Waals surface area contributed by atoms with E-state index in [9.17, 15) is 9.59 Å². The molecule has 2 aromatic rings. The van der Waals surface area contributed by atoms with Gasteiger partial charge in [0.2, 0.25) is 0 Å². The average Bonchev–Trinajstić information content (AvgIpc) is 3.05. The zero-order valence-corrected chi connectivity index (χ0v) is 12.1. The van der Waals surface area contributed by atoms with Gasteiger partial charge in [0.15, 0.2) is 0 Å². The van der Waals surface area contributed by atoms with Gasteiger partial charge in [0, 0.05) is 4.88 Å². The van der Waals surface area contributed by atoms with Gasteiger partial charge in [-0.05, 0) is 34.8 Å². The van der Waals surface area contributed by atoms with Crippen LogP contribution in [0.15, 0.2) is 52.7 Å². The number of thiophene rings is 1. The van der Waals surface area contributed by atoms with Crippen LogP contribution in [0, 0.1) is 0 Å². The average molecular weight is 301 g/mol. The van der Waals surface area contributed by atoms with Crippen LogP contribution in [0.25, 0.3) is 6.08 Å². The number of benzene rings is 1. The summed E-state index contributed by atoms with van der Waals surface area (Å²) in [6.45, 7) is 0.327. The molecule has 1 fully saturated rings. The summed E-state index contributed by atoms with van der Waals surface area (Å²) < 4.78 is 0. The minimum absolute atomic E-state index is 0.207. The van der Waals surface area contributed by atoms with Gasteiger partial charge < -0.3 is 0 Å². The highest BCUT2D eigenvalue weighted by atomic mass is 32.2. The van der Waals surface area contributed by atoms with Crippen LogP contribution in [-0.4, -0.2) is 16.0 Å². The van der Waals surface area contributed by atoms with Crippen molar-refractivity contribution in [2.45, 2.75) is 6.54 Å². The van der Waals surface area contributed by atoms with E-state index in [0.717, 1.165) is 22.2 Å². The van der Waals surface area contributed by atoms with Crippen LogP contribution in [0.4, 0.5) is 4.79 Å². The van der Waals surface area contributed by atoms with E-state index < -0.39 is 0 Å². The molecular formula is C15H11NO2S2. The number of carbonyl (C=O) groups is 2. The van der Waals surface area contributed by atoms with Crippen LogP contribution >= 0.6 is 23.1 Å². The molecule has 0 bridgehead atoms. The molecule has 1 aliphatic rings. The molecule has 0 unspecified atom stereocenters. The minimum Gasteiger partial charge on any atom is -0.268 e. The van der Waals surface area contributed by atoms with Gasteiger partial charge in [0.1, 0.15) is 0 Å². The maximum Gasteiger partial charge on any atom is 0.293 e. The lowest BCUT2D eigenvalue weighted by molar-refractivity contribution is -0.123. The standard InChI is InChI=1S/C15H11NO2S2/c17-14-13(9-12-7-4-8-19-12)20-15(18)16(14)10-11-5-2-1-3-6-11/h1-9H,10H2. The molecule has 20 heavy (non-hydrogen) atoms. The second-order valence-electron chi connectivity index (χ2n) is 4.27. The second-order valence-corrected chi connectivity index (χ2v) is 6.24. The third kappa shape index (κ3) is 2.69. The summed E-state index contributed by atoms with van der Waals surface area (Å²) in [5.74, 6) is -0.211. The first-order valence-electron chi connectivity index (χ1n) is 6.07. The number of nitrogens with zero attached hydrogens (tertiary/aromatic N) is 1. The quantitative estimate of drug-likeness (QED) is 0.805. The third-order valence-corrected chi connectivity index (χ3v) is 4.60. The molecule has 3 rings (SSSR count). The van der Waals surface area contributed by atoms with E-state index >= 15 is 0 Å². The maximum atomic E-state index is 12.3. The maximum absolute atomic E-state index is 12.3. The Hall–Kier alpha value is -1.85. The lowest BCUT2D eigenvalue weighted by Crippen LogP contribution is -2.27. The van der Waals surface area contributed by atoms with Gasteiger partial charge in [-0.3, -0.25) is 14.5 Å². The molecule has 3 nitrogen and oxygen atoms in total. The van der Waals surface area contributed by atoms with Crippen LogP contribution in [-0.2, 0) is 11.3 Å². The van der Waals surface area contributed by atoms with Crippen molar-refractivity contribution in [3.8, 4) is 0 Å². The number of hydrogen-bond donors (Lipinski definition) is 0. The Morgan fingerprint density at radius 3 is 2.55 bits per heavy atom. The van der Waals surface area contributed by atoms with Crippen molar-refractivity contribution in [1.29, 1.82) is 0 Å². The van der Waals surface area contributed by atoms with Gasteiger partial charge in [-0.15, -0.1) is 11.3 Å². The summed E-state index contributed by atoms with van der Waals surface area (Å²) in [5.41, 5.74) is 0.951. The summed E-state index contributed by atoms with van der Waals surface area (Å²) in [6.07, 6.45) is 1.78. The Morgan fingerprint density at radius 1 is 1.05 bits per heavy atom. The molecule has 2 amide bonds. The molecule has 0 atom stereocenters. The highest BCUT2D eigenvalue weighted by molar-refractivity contribution is 8.18. The van der Waals surface area contributed by atoms with Gasteiger partial charge in [-0.1, -0.05) is 36.4 Å². The summed E-state index contributed by atoms with van der Waals surface area (Å²) in [6, 6.07) is 13.4. The summed E-state index contributed by atoms with van der Waals surface area (Å²) in [4.78, 5) is 27.0. The zero-order valence-electron chi connectivity index (χ0n) is 10.5. The van der Waals surface area contributed by atoms with Crippen LogP contribution in [0.1, 0.15) is 10.4 Å². The summed E-state index contributed by atoms with van der Waals surface area (Å²) >= 11 is 2.55. The van der Waals surface area contributed by atoms with E-state index in [-0.39, 0.29) is 11.1 Å². The number of carbonyl (C=O) groups excluding carboxylic acids is 2. The molecule has 0 aliphatic carbocycles. The van der Waals surface area contributed by atoms with Crippen LogP contribution < -0.4 is 0 Å². The first-order chi connectivity index (χ1) is 9.74. The van der Waals surface area contributed by atoms with Crippen molar-refractivity contribution >= 4 is 40.3 Å². The zero-order chi connectivity index (χ0) is 13.9. The molecule has 1 aromatic carbocycles. The molecule has 0 N–H and O–H groups in total. The molecule has 0 spiro atoms. The topological polar surface area (TPSA) is 37.4 Å². The fraction of sp³-hybridized carbons (Fsp3) is 0.0667. The smallest absolute Gasteiger partial charge is 0.268 e. The van der Waals surface area contributed by atoms with Gasteiger partial charge in [-0.25, -0.2) is 0 Å². The Balaban J connectivity index is 1.81. The lowest BCUT2D eigenvalue weighted by Gasteiger charge is -2.11. The summed E-state index contributed by atoms with van der Waals surface area (Å²) in [5, 5.41) is 1.74. The third-order valence-electron chi connectivity index (χ3n) is 2.87. The van der Waals surface area contributed by atoms with Gasteiger partial charge >= 0.3 is 0 Å². The van der Waals surface area contributed by atoms with Crippen molar-refractivity contribution in [3.63, 3.8) is 0 Å². The Bertz CT molecular complexity index is 662. The van der Waals surface area contributed by atoms with Gasteiger partial charge in [0.05, 0.1) is 11.4 Å². The molecule has 0 radical (unpaired) electrons. The van der Waals surface area contributed by atoms with E-state index in [4.69, 9.17) is 0 Å². The second kappa shape index (κ2) is 5.64. The van der Waals surface area contributed by atoms with Crippen molar-refractivity contribution < 1.29 is 9.59 Å². The van der Waals surface area contributed by atoms with Crippen molar-refractivity contribution in [3.05, 3.63) is 63.2 Å². The molecule has 5 heteroatoms. The fourth-order valence-electron chi connectivity index (χ4n) is 1.90. The number of amides is 2. The van der Waals surface area contributed by atoms with E-state index in [0.29, 0.717) is 11.4 Å². The largest absolute Gasteiger partial charge is 0.293 e. The molecule has 1 aromatic heterocycles. The first-order valence-corrected chi connectivity index (χ1v) is 7.76. The number of hydrogen-bond acceptors (Lipinski definition) is 4. The number of thioether (sulfide) groups is 1. The minimum atomic E-state index is -0.211. The van der Waals surface area contributed by atoms with E-state index in [1.807, 2.05) is 47.8 Å². The Labute approximate surface area is 124 Å². The predicted octanol–water partition coefficient (Wildman–Crippen LogP) is 3.98. The van der Waals surface area contributed by atoms with E-state index in [2.05, 4.69) is 0 Å². The number of rotatable bonds is 3. The van der Waals surface area contributed by atoms with E-state index in [1.54, 1.807) is 17.4 Å². The molecule has 1 aliphatic heterocycles. The highest BCUT2D eigenvalue weighted by Gasteiger charge is 2.34. The van der Waals surface area contributed by atoms with Crippen molar-refractivity contribution in [2.75, 3.05) is 0 Å². The van der Waals surface area contributed by atoms with Crippen LogP contribution in [0.5, 0.6) is 0 Å². The normalized spacial score (nSPS) is 17.2. The monoisotopic (exact) mass is 301 g/mol. The Morgan fingerprint density at radius 2 is 1.85 bits per heavy atom. The lowest BCUT2D eigenvalue weighted by atomic mass is 10.2. The Kier molecular flexibility index (Phi) is 3.71. The fourth-order valence-corrected chi connectivity index (χ4v) is 3.47. The molecular weight excluding hydrogens is 290 g/mol. The van der Waals surface area contributed by atoms with Crippen molar-refractivity contribution in [2.24, 2.45) is 0 Å². The first kappa shape index (κ1) is 13.1. The number of imide groups is 1. The molecule has 100 valence electrons. The van der Waals surface area contributed by atoms with E-state index in [1.165, 1.54) is 4.90 Å². The molecule has 1 saturated heterocycles. The molecule has 0 saturated carbocycles.